The Balaban J connectivity index is 1.72. The lowest BCUT2D eigenvalue weighted by Gasteiger charge is -2.36. The van der Waals surface area contributed by atoms with Gasteiger partial charge in [-0.15, -0.1) is 0 Å². The minimum absolute atomic E-state index is 0.0501. The number of nitrogens with zero attached hydrogens (tertiary/aromatic N) is 3. The van der Waals surface area contributed by atoms with E-state index < -0.39 is 0 Å². The average molecular weight is 372 g/mol. The molecule has 2 amide bonds. The Bertz CT molecular complexity index is 861. The second-order valence-corrected chi connectivity index (χ2v) is 6.73. The minimum Gasteiger partial charge on any atom is -0.507 e. The quantitative estimate of drug-likeness (QED) is 0.835. The summed E-state index contributed by atoms with van der Waals surface area (Å²) < 4.78 is 7.13. The number of phenolic OH excluding ortho intramolecular Hbond substituents is 1. The fraction of sp³-hybridized carbons (Fsp3) is 0.421. The number of hydrogen-bond acceptors (Lipinski definition) is 5. The number of carbonyl (C=O) groups is 2. The number of amides is 2. The third kappa shape index (κ3) is 3.95. The molecule has 0 spiro atoms. The number of hydrogen-bond donors (Lipinski definition) is 2. The number of benzene rings is 1. The lowest BCUT2D eigenvalue weighted by Crippen LogP contribution is -2.53. The fourth-order valence-electron chi connectivity index (χ4n) is 3.09. The van der Waals surface area contributed by atoms with Gasteiger partial charge in [-0.3, -0.25) is 14.3 Å². The predicted octanol–water partition coefficient (Wildman–Crippen LogP) is 1.01. The number of carbonyl (C=O) groups excluding carboxylic acids is 2. The Kier molecular flexibility index (Phi) is 5.46. The lowest BCUT2D eigenvalue weighted by atomic mass is 10.1. The SMILES string of the molecule is Cc1ccc(O)c(C(=O)N2CCOCC2CNC(=O)c2cnn(C)c2C)c1. The van der Waals surface area contributed by atoms with Crippen molar-refractivity contribution in [1.82, 2.24) is 20.0 Å². The van der Waals surface area contributed by atoms with Crippen LogP contribution in [0.5, 0.6) is 5.75 Å². The van der Waals surface area contributed by atoms with Crippen molar-refractivity contribution in [2.45, 2.75) is 19.9 Å². The Morgan fingerprint density at radius 1 is 1.33 bits per heavy atom. The minimum atomic E-state index is -0.313. The first kappa shape index (κ1) is 18.9. The lowest BCUT2D eigenvalue weighted by molar-refractivity contribution is -0.00144. The normalized spacial score (nSPS) is 17.0. The summed E-state index contributed by atoms with van der Waals surface area (Å²) in [6, 6.07) is 4.62. The molecule has 144 valence electrons. The molecule has 1 aromatic carbocycles. The first-order chi connectivity index (χ1) is 12.9. The van der Waals surface area contributed by atoms with Gasteiger partial charge < -0.3 is 20.1 Å². The van der Waals surface area contributed by atoms with Gasteiger partial charge in [0.1, 0.15) is 5.75 Å². The molecule has 0 bridgehead atoms. The maximum atomic E-state index is 12.9. The standard InChI is InChI=1S/C19H24N4O4/c1-12-4-5-17(24)15(8-12)19(26)23-6-7-27-11-14(23)9-20-18(25)16-10-21-22(3)13(16)2/h4-5,8,10,14,24H,6-7,9,11H2,1-3H3,(H,20,25). The summed E-state index contributed by atoms with van der Waals surface area (Å²) in [4.78, 5) is 27.0. The van der Waals surface area contributed by atoms with E-state index in [1.54, 1.807) is 28.8 Å². The van der Waals surface area contributed by atoms with Crippen molar-refractivity contribution in [3.63, 3.8) is 0 Å². The molecule has 1 aliphatic rings. The van der Waals surface area contributed by atoms with Crippen molar-refractivity contribution in [3.05, 3.63) is 46.8 Å². The molecule has 1 unspecified atom stereocenters. The monoisotopic (exact) mass is 372 g/mol. The van der Waals surface area contributed by atoms with Gasteiger partial charge in [0.15, 0.2) is 0 Å². The summed E-state index contributed by atoms with van der Waals surface area (Å²) in [5.74, 6) is -0.556. The molecule has 1 aromatic heterocycles. The summed E-state index contributed by atoms with van der Waals surface area (Å²) >= 11 is 0. The van der Waals surface area contributed by atoms with E-state index in [-0.39, 0.29) is 35.7 Å². The van der Waals surface area contributed by atoms with Crippen LogP contribution in [0.3, 0.4) is 0 Å². The van der Waals surface area contributed by atoms with E-state index in [9.17, 15) is 14.7 Å². The molecule has 8 nitrogen and oxygen atoms in total. The highest BCUT2D eigenvalue weighted by atomic mass is 16.5. The average Bonchev–Trinajstić information content (AvgIpc) is 3.00. The second kappa shape index (κ2) is 7.79. The Morgan fingerprint density at radius 3 is 2.81 bits per heavy atom. The van der Waals surface area contributed by atoms with E-state index in [4.69, 9.17) is 4.74 Å². The molecule has 2 heterocycles. The number of ether oxygens (including phenoxy) is 1. The Hall–Kier alpha value is -2.87. The van der Waals surface area contributed by atoms with Gasteiger partial charge in [0.2, 0.25) is 0 Å². The molecule has 1 saturated heterocycles. The number of aromatic nitrogens is 2. The van der Waals surface area contributed by atoms with E-state index in [0.717, 1.165) is 11.3 Å². The summed E-state index contributed by atoms with van der Waals surface area (Å²) in [7, 11) is 1.77. The van der Waals surface area contributed by atoms with Crippen LogP contribution in [0.1, 0.15) is 32.0 Å². The number of rotatable bonds is 4. The van der Waals surface area contributed by atoms with Gasteiger partial charge in [0.05, 0.1) is 36.6 Å². The van der Waals surface area contributed by atoms with Crippen LogP contribution in [-0.2, 0) is 11.8 Å². The molecular weight excluding hydrogens is 348 g/mol. The maximum absolute atomic E-state index is 12.9. The van der Waals surface area contributed by atoms with E-state index in [1.165, 1.54) is 12.3 Å². The van der Waals surface area contributed by atoms with Crippen LogP contribution >= 0.6 is 0 Å². The van der Waals surface area contributed by atoms with Gasteiger partial charge >= 0.3 is 0 Å². The highest BCUT2D eigenvalue weighted by Gasteiger charge is 2.30. The van der Waals surface area contributed by atoms with Gasteiger partial charge in [-0.2, -0.15) is 5.10 Å². The molecule has 0 saturated carbocycles. The summed E-state index contributed by atoms with van der Waals surface area (Å²) in [6.07, 6.45) is 1.52. The zero-order valence-corrected chi connectivity index (χ0v) is 15.7. The van der Waals surface area contributed by atoms with Crippen LogP contribution < -0.4 is 5.32 Å². The molecule has 2 aromatic rings. The number of nitrogens with one attached hydrogen (secondary N) is 1. The van der Waals surface area contributed by atoms with E-state index in [0.29, 0.717) is 25.3 Å². The van der Waals surface area contributed by atoms with Crippen molar-refractivity contribution in [2.24, 2.45) is 7.05 Å². The van der Waals surface area contributed by atoms with Gasteiger partial charge in [0.25, 0.3) is 11.8 Å². The zero-order valence-electron chi connectivity index (χ0n) is 15.7. The molecular formula is C19H24N4O4. The largest absolute Gasteiger partial charge is 0.507 e. The molecule has 27 heavy (non-hydrogen) atoms. The molecule has 8 heteroatoms. The number of aromatic hydroxyl groups is 1. The van der Waals surface area contributed by atoms with Crippen molar-refractivity contribution in [3.8, 4) is 5.75 Å². The highest BCUT2D eigenvalue weighted by molar-refractivity contribution is 5.97. The van der Waals surface area contributed by atoms with Crippen LogP contribution in [0.15, 0.2) is 24.4 Å². The molecule has 3 rings (SSSR count). The Labute approximate surface area is 157 Å². The van der Waals surface area contributed by atoms with Gasteiger partial charge in [-0.25, -0.2) is 0 Å². The van der Waals surface area contributed by atoms with Crippen molar-refractivity contribution in [1.29, 1.82) is 0 Å². The van der Waals surface area contributed by atoms with Crippen LogP contribution in [0.4, 0.5) is 0 Å². The summed E-state index contributed by atoms with van der Waals surface area (Å²) in [6.45, 7) is 5.09. The van der Waals surface area contributed by atoms with Gasteiger partial charge in [-0.05, 0) is 26.0 Å². The van der Waals surface area contributed by atoms with Crippen LogP contribution in [0.25, 0.3) is 0 Å². The smallest absolute Gasteiger partial charge is 0.258 e. The fourth-order valence-corrected chi connectivity index (χ4v) is 3.09. The topological polar surface area (TPSA) is 96.7 Å². The van der Waals surface area contributed by atoms with Crippen LogP contribution in [0, 0.1) is 13.8 Å². The summed E-state index contributed by atoms with van der Waals surface area (Å²) in [5, 5.41) is 17.0. The second-order valence-electron chi connectivity index (χ2n) is 6.73. The summed E-state index contributed by atoms with van der Waals surface area (Å²) in [5.41, 5.74) is 2.42. The molecule has 1 aliphatic heterocycles. The third-order valence-electron chi connectivity index (χ3n) is 4.85. The van der Waals surface area contributed by atoms with Gasteiger partial charge in [-0.1, -0.05) is 11.6 Å². The number of phenols is 1. The van der Waals surface area contributed by atoms with Crippen molar-refractivity contribution >= 4 is 11.8 Å². The van der Waals surface area contributed by atoms with E-state index >= 15 is 0 Å². The molecule has 1 atom stereocenters. The van der Waals surface area contributed by atoms with Gasteiger partial charge in [0, 0.05) is 25.8 Å². The van der Waals surface area contributed by atoms with Crippen LogP contribution in [-0.4, -0.2) is 63.9 Å². The predicted molar refractivity (Wildman–Crippen MR) is 98.8 cm³/mol. The molecule has 0 radical (unpaired) electrons. The number of aryl methyl sites for hydroxylation is 2. The maximum Gasteiger partial charge on any atom is 0.258 e. The van der Waals surface area contributed by atoms with E-state index in [1.807, 2.05) is 13.8 Å². The third-order valence-corrected chi connectivity index (χ3v) is 4.85. The van der Waals surface area contributed by atoms with Crippen molar-refractivity contribution in [2.75, 3.05) is 26.3 Å². The Morgan fingerprint density at radius 2 is 2.11 bits per heavy atom. The molecule has 0 aliphatic carbocycles. The van der Waals surface area contributed by atoms with Crippen molar-refractivity contribution < 1.29 is 19.4 Å². The first-order valence-electron chi connectivity index (χ1n) is 8.83. The molecule has 1 fully saturated rings. The molecule has 2 N–H and O–H groups in total. The zero-order chi connectivity index (χ0) is 19.6. The van der Waals surface area contributed by atoms with E-state index in [2.05, 4.69) is 10.4 Å². The first-order valence-corrected chi connectivity index (χ1v) is 8.83. The highest BCUT2D eigenvalue weighted by Crippen LogP contribution is 2.22. The number of morpholine rings is 1. The van der Waals surface area contributed by atoms with Crippen LogP contribution in [0.2, 0.25) is 0 Å².